The van der Waals surface area contributed by atoms with E-state index >= 15 is 0 Å². The van der Waals surface area contributed by atoms with Crippen molar-refractivity contribution in [2.24, 2.45) is 35.5 Å². The van der Waals surface area contributed by atoms with Crippen molar-refractivity contribution in [3.05, 3.63) is 71.8 Å². The van der Waals surface area contributed by atoms with Gasteiger partial charge in [0.1, 0.15) is 34.5 Å². The summed E-state index contributed by atoms with van der Waals surface area (Å²) < 4.78 is 5.41. The number of piperidine rings is 1. The van der Waals surface area contributed by atoms with E-state index in [4.69, 9.17) is 4.74 Å². The number of hydrogen-bond acceptors (Lipinski definition) is 27. The van der Waals surface area contributed by atoms with Gasteiger partial charge in [-0.3, -0.25) is 95.9 Å². The molecule has 4 rings (SSSR count). The van der Waals surface area contributed by atoms with Gasteiger partial charge < -0.3 is 62.8 Å². The van der Waals surface area contributed by atoms with Crippen LogP contribution in [0.5, 0.6) is 0 Å². The molecule has 1 saturated heterocycles. The van der Waals surface area contributed by atoms with E-state index in [0.29, 0.717) is 77.3 Å². The minimum absolute atomic E-state index is 0.000459. The van der Waals surface area contributed by atoms with Crippen molar-refractivity contribution < 1.29 is 105 Å². The Morgan fingerprint density at radius 2 is 0.585 bits per heavy atom. The highest BCUT2D eigenvalue weighted by molar-refractivity contribution is 6.40. The average Bonchev–Trinajstić information content (AvgIpc) is 0.835. The maximum Gasteiger partial charge on any atom is 0.410 e. The van der Waals surface area contributed by atoms with Crippen molar-refractivity contribution in [3.63, 3.8) is 0 Å². The monoisotopic (exact) mass is 2060 g/mol. The summed E-state index contributed by atoms with van der Waals surface area (Å²) in [5.41, 5.74) is -0.228. The number of hydrogen-bond donors (Lipinski definition) is 10. The lowest BCUT2D eigenvalue weighted by Gasteiger charge is -2.36. The number of Topliss-reactive ketones (excluding diaryl/α,β-unsaturated/α-hetero) is 15. The summed E-state index contributed by atoms with van der Waals surface area (Å²) in [5.74, 6) is -9.85. The molecular formula is C114H187N11O22. The summed E-state index contributed by atoms with van der Waals surface area (Å²) in [4.78, 5) is 259. The number of carbonyl (C=O) groups excluding carboxylic acids is 21. The zero-order valence-electron chi connectivity index (χ0n) is 94.7. The van der Waals surface area contributed by atoms with Gasteiger partial charge in [0.05, 0.1) is 62.9 Å². The molecular weight excluding hydrogens is 1880 g/mol. The van der Waals surface area contributed by atoms with Crippen molar-refractivity contribution in [2.75, 3.05) is 45.8 Å². The molecule has 2 aromatic rings. The van der Waals surface area contributed by atoms with Crippen molar-refractivity contribution in [1.29, 1.82) is 0 Å². The molecule has 830 valence electrons. The van der Waals surface area contributed by atoms with E-state index in [1.807, 2.05) is 215 Å². The smallest absolute Gasteiger partial charge is 0.410 e. The Morgan fingerprint density at radius 1 is 0.313 bits per heavy atom. The summed E-state index contributed by atoms with van der Waals surface area (Å²) >= 11 is 0. The van der Waals surface area contributed by atoms with Crippen molar-refractivity contribution in [3.8, 4) is 0 Å². The molecule has 2 aliphatic rings. The van der Waals surface area contributed by atoms with Crippen LogP contribution in [-0.4, -0.2) is 237 Å². The van der Waals surface area contributed by atoms with Crippen LogP contribution in [0.25, 0.3) is 0 Å². The highest BCUT2D eigenvalue weighted by Crippen LogP contribution is 2.34. The third-order valence-corrected chi connectivity index (χ3v) is 24.5. The number of rotatable bonds is 59. The summed E-state index contributed by atoms with van der Waals surface area (Å²) in [5, 5.41) is 28.0. The van der Waals surface area contributed by atoms with Gasteiger partial charge in [0, 0.05) is 102 Å². The second-order valence-corrected chi connectivity index (χ2v) is 45.6. The number of aryl methyl sites for hydroxylation is 1. The van der Waals surface area contributed by atoms with E-state index in [2.05, 4.69) is 53.2 Å². The quantitative estimate of drug-likeness (QED) is 0.0275. The molecule has 0 spiro atoms. The molecule has 10 atom stereocenters. The Balaban J connectivity index is 0.00000182. The van der Waals surface area contributed by atoms with Gasteiger partial charge >= 0.3 is 6.09 Å². The van der Waals surface area contributed by atoms with E-state index in [1.165, 1.54) is 34.1 Å². The van der Waals surface area contributed by atoms with Gasteiger partial charge in [0.15, 0.2) is 28.9 Å². The average molecular weight is 2060 g/mol. The molecule has 0 bridgehead atoms. The highest BCUT2D eigenvalue weighted by Gasteiger charge is 2.39. The van der Waals surface area contributed by atoms with Gasteiger partial charge in [-0.15, -0.1) is 0 Å². The van der Waals surface area contributed by atoms with E-state index in [9.17, 15) is 101 Å². The number of benzene rings is 2. The van der Waals surface area contributed by atoms with Crippen LogP contribution in [0.4, 0.5) is 4.79 Å². The Morgan fingerprint density at radius 3 is 0.844 bits per heavy atom. The number of likely N-dealkylation sites (tertiary alicyclic amines) is 1. The molecule has 2 aromatic carbocycles. The van der Waals surface area contributed by atoms with Gasteiger partial charge in [-0.1, -0.05) is 166 Å². The van der Waals surface area contributed by atoms with E-state index in [-0.39, 0.29) is 186 Å². The Hall–Kier alpha value is -10.1. The van der Waals surface area contributed by atoms with Crippen LogP contribution in [0, 0.1) is 35.5 Å². The molecule has 2 fully saturated rings. The van der Waals surface area contributed by atoms with Crippen LogP contribution in [0.1, 0.15) is 385 Å². The minimum atomic E-state index is -0.793. The van der Waals surface area contributed by atoms with Crippen LogP contribution in [0.15, 0.2) is 60.7 Å². The number of nitrogens with zero attached hydrogens (tertiary/aromatic N) is 1. The molecule has 1 saturated carbocycles. The predicted octanol–water partition coefficient (Wildman–Crippen LogP) is 14.2. The van der Waals surface area contributed by atoms with Gasteiger partial charge in [-0.05, 0) is 259 Å². The zero-order valence-corrected chi connectivity index (χ0v) is 94.7. The number of ether oxygens (including phenoxy) is 1. The maximum absolute atomic E-state index is 12.6. The molecule has 10 N–H and O–H groups in total. The second-order valence-electron chi connectivity index (χ2n) is 45.6. The number of amides is 6. The lowest BCUT2D eigenvalue weighted by molar-refractivity contribution is -0.140. The summed E-state index contributed by atoms with van der Waals surface area (Å²) in [6, 6.07) is 15.9. The molecule has 10 unspecified atom stereocenters. The topological polar surface area (TPSA) is 491 Å². The normalized spacial score (nSPS) is 15.1. The lowest BCUT2D eigenvalue weighted by atomic mass is 9.76. The third-order valence-electron chi connectivity index (χ3n) is 24.5. The van der Waals surface area contributed by atoms with Gasteiger partial charge in [-0.25, -0.2) is 4.79 Å². The van der Waals surface area contributed by atoms with Crippen molar-refractivity contribution >= 4 is 122 Å². The zero-order chi connectivity index (χ0) is 113. The summed E-state index contributed by atoms with van der Waals surface area (Å²) in [6.45, 7) is 53.3. The minimum Gasteiger partial charge on any atom is -0.444 e. The fourth-order valence-corrected chi connectivity index (χ4v) is 17.3. The molecule has 147 heavy (non-hydrogen) atoms. The first-order valence-electron chi connectivity index (χ1n) is 53.3. The van der Waals surface area contributed by atoms with Crippen LogP contribution >= 0.6 is 0 Å². The van der Waals surface area contributed by atoms with E-state index in [0.717, 1.165) is 81.8 Å². The molecule has 33 nitrogen and oxygen atoms in total. The Labute approximate surface area is 877 Å². The molecule has 33 heteroatoms. The van der Waals surface area contributed by atoms with Gasteiger partial charge in [-0.2, -0.15) is 0 Å². The molecule has 0 radical (unpaired) electrons. The Kier molecular flexibility index (Phi) is 64.6. The molecule has 1 heterocycles. The highest BCUT2D eigenvalue weighted by atomic mass is 16.6. The SMILES string of the molecule is CCCC(NC(C)(C)C)C(=O)C(=O)NCC(=O)CC(C(C)=O)C1CCCCC1.CCCC(NC(C)(C)C)C(=O)C(=O)NCC(=O)CC(C(C)=O)C1CCN(C(=O)OC(C)(C)C)CC1.CCCC(NC(C)(C)C)C(=O)C(=O)NCC(=O)CC(C(C)=O)c1ccccc1.CCCC(NC(C)(C)C)C(=O)C(=O)NCC(=O)CC(CCc1ccccc1)C(C)=O.CCCCC(CC(=O)CNC(=O)C(=O)C(CCC)NC(C)(C)C)C(C)=O. The van der Waals surface area contributed by atoms with E-state index < -0.39 is 106 Å². The first-order chi connectivity index (χ1) is 68.2. The van der Waals surface area contributed by atoms with Gasteiger partial charge in [0.2, 0.25) is 28.9 Å². The third kappa shape index (κ3) is 61.6. The maximum atomic E-state index is 12.6. The van der Waals surface area contributed by atoms with Crippen LogP contribution in [-0.2, 0) is 107 Å². The number of unbranched alkanes of at least 4 members (excludes halogenated alkanes) is 1. The van der Waals surface area contributed by atoms with Crippen molar-refractivity contribution in [2.45, 2.75) is 444 Å². The fraction of sp³-hybridized carbons (Fsp3) is 0.711. The first-order valence-corrected chi connectivity index (χ1v) is 53.3. The number of carbonyl (C=O) groups is 21. The number of ketones is 15. The standard InChI is InChI=1S/C26H45N3O6.C24H36N2O4.C22H38N2O4.C22H32N2O4.C20H36N2O4/c1-9-10-21(28-25(3,4)5)22(32)23(33)27-16-19(31)15-20(17(2)30)18-11-13-29(14-12-18)24(34)35-26(6,7)8;1-6-10-21(26-24(3,4)5)22(29)23(30)25-16-20(28)15-19(17(2)27)14-13-18-11-8-7-9-12-18;2*1-6-10-19(24-22(3,4)5)20(27)21(28)23-14-17(26)13-18(15(2)25)16-11-8-7-9-12-16;1-7-9-11-15(14(3)23)12-16(24)13-21-19(26)18(25)17(10-8-2)22-20(4,5)6/h18,20-21,28H,9-16H2,1-8H3,(H,27,33);7-9,11-12,19,21,26H,6,10,13-16H2,1-5H3,(H,25,30);16,18-19,24H,6-14H2,1-5H3,(H,23,28);7-9,11-12,18-19,24H,6,10,13-14H2,1-5H3,(H,23,28);15,17,22H,7-13H2,1-6H3,(H,21,26). The van der Waals surface area contributed by atoms with E-state index in [1.54, 1.807) is 24.0 Å². The largest absolute Gasteiger partial charge is 0.444 e. The van der Waals surface area contributed by atoms with Crippen LogP contribution < -0.4 is 53.2 Å². The fourth-order valence-electron chi connectivity index (χ4n) is 17.3. The van der Waals surface area contributed by atoms with Crippen LogP contribution in [0.3, 0.4) is 0 Å². The van der Waals surface area contributed by atoms with Crippen molar-refractivity contribution in [1.82, 2.24) is 58.1 Å². The summed E-state index contributed by atoms with van der Waals surface area (Å²) in [6.07, 6.45) is 16.8. The summed E-state index contributed by atoms with van der Waals surface area (Å²) in [7, 11) is 0. The first kappa shape index (κ1) is 137. The van der Waals surface area contributed by atoms with Gasteiger partial charge in [0.25, 0.3) is 29.5 Å². The molecule has 0 aromatic heterocycles. The predicted molar refractivity (Wildman–Crippen MR) is 574 cm³/mol. The second kappa shape index (κ2) is 69.3. The van der Waals surface area contributed by atoms with Crippen LogP contribution in [0.2, 0.25) is 0 Å². The number of nitrogens with one attached hydrogen (secondary N) is 10. The molecule has 1 aliphatic heterocycles. The molecule has 1 aliphatic carbocycles. The lowest BCUT2D eigenvalue weighted by Crippen LogP contribution is -2.52. The molecule has 6 amide bonds. The Bertz CT molecular complexity index is 4550.